The van der Waals surface area contributed by atoms with Gasteiger partial charge in [0.25, 0.3) is 5.91 Å². The third-order valence-corrected chi connectivity index (χ3v) is 3.75. The van der Waals surface area contributed by atoms with Crippen LogP contribution >= 0.6 is 23.2 Å². The zero-order valence-electron chi connectivity index (χ0n) is 11.9. The molecule has 0 aliphatic heterocycles. The molecule has 0 aliphatic rings. The van der Waals surface area contributed by atoms with E-state index < -0.39 is 0 Å². The van der Waals surface area contributed by atoms with E-state index in [9.17, 15) is 4.79 Å². The number of aromatic nitrogens is 3. The number of amides is 1. The first kappa shape index (κ1) is 15.5. The van der Waals surface area contributed by atoms with Crippen LogP contribution in [0.4, 0.5) is 0 Å². The summed E-state index contributed by atoms with van der Waals surface area (Å²) < 4.78 is 1.80. The first-order valence-corrected chi connectivity index (χ1v) is 7.55. The van der Waals surface area contributed by atoms with Crippen LogP contribution in [0.5, 0.6) is 0 Å². The van der Waals surface area contributed by atoms with E-state index in [-0.39, 0.29) is 5.91 Å². The van der Waals surface area contributed by atoms with E-state index in [1.165, 1.54) is 0 Å². The van der Waals surface area contributed by atoms with Crippen LogP contribution in [0.25, 0.3) is 5.82 Å². The highest BCUT2D eigenvalue weighted by molar-refractivity contribution is 6.36. The lowest BCUT2D eigenvalue weighted by atomic mass is 10.2. The Labute approximate surface area is 142 Å². The van der Waals surface area contributed by atoms with Gasteiger partial charge in [0.2, 0.25) is 0 Å². The van der Waals surface area contributed by atoms with Crippen molar-refractivity contribution >= 4 is 29.1 Å². The molecule has 2 aromatic heterocycles. The molecule has 1 N–H and O–H groups in total. The van der Waals surface area contributed by atoms with Gasteiger partial charge in [0.05, 0.1) is 10.6 Å². The van der Waals surface area contributed by atoms with E-state index in [2.05, 4.69) is 15.3 Å². The molecule has 116 valence electrons. The number of halogens is 2. The minimum atomic E-state index is -0.259. The molecule has 0 bridgehead atoms. The lowest BCUT2D eigenvalue weighted by Crippen LogP contribution is -2.23. The molecule has 1 aromatic carbocycles. The van der Waals surface area contributed by atoms with Gasteiger partial charge in [-0.15, -0.1) is 0 Å². The van der Waals surface area contributed by atoms with Gasteiger partial charge in [0, 0.05) is 30.2 Å². The van der Waals surface area contributed by atoms with Gasteiger partial charge >= 0.3 is 0 Å². The quantitative estimate of drug-likeness (QED) is 0.786. The lowest BCUT2D eigenvalue weighted by molar-refractivity contribution is 0.0951. The van der Waals surface area contributed by atoms with E-state index in [0.717, 1.165) is 11.4 Å². The van der Waals surface area contributed by atoms with Crippen LogP contribution in [0.2, 0.25) is 10.0 Å². The fourth-order valence-electron chi connectivity index (χ4n) is 2.02. The fraction of sp³-hybridized carbons (Fsp3) is 0.0625. The Balaban J connectivity index is 1.65. The average Bonchev–Trinajstić information content (AvgIpc) is 3.07. The van der Waals surface area contributed by atoms with E-state index in [0.29, 0.717) is 22.2 Å². The van der Waals surface area contributed by atoms with Crippen LogP contribution in [0.15, 0.2) is 55.2 Å². The van der Waals surface area contributed by atoms with E-state index in [1.807, 2.05) is 18.3 Å². The smallest absolute Gasteiger partial charge is 0.253 e. The van der Waals surface area contributed by atoms with E-state index >= 15 is 0 Å². The Morgan fingerprint density at radius 1 is 1.22 bits per heavy atom. The molecule has 0 radical (unpaired) electrons. The monoisotopic (exact) mass is 346 g/mol. The topological polar surface area (TPSA) is 59.8 Å². The van der Waals surface area contributed by atoms with E-state index in [1.54, 1.807) is 41.5 Å². The number of benzene rings is 1. The van der Waals surface area contributed by atoms with Crippen molar-refractivity contribution in [2.75, 3.05) is 0 Å². The van der Waals surface area contributed by atoms with Crippen LogP contribution in [-0.2, 0) is 6.54 Å². The van der Waals surface area contributed by atoms with Crippen LogP contribution in [0, 0.1) is 0 Å². The summed E-state index contributed by atoms with van der Waals surface area (Å²) in [7, 11) is 0. The van der Waals surface area contributed by atoms with Crippen molar-refractivity contribution in [3.63, 3.8) is 0 Å². The minimum Gasteiger partial charge on any atom is -0.348 e. The Hall–Kier alpha value is -2.37. The molecule has 0 unspecified atom stereocenters. The van der Waals surface area contributed by atoms with Gasteiger partial charge in [-0.3, -0.25) is 9.36 Å². The molecular formula is C16H12Cl2N4O. The average molecular weight is 347 g/mol. The van der Waals surface area contributed by atoms with Gasteiger partial charge in [0.1, 0.15) is 12.1 Å². The Morgan fingerprint density at radius 3 is 2.74 bits per heavy atom. The van der Waals surface area contributed by atoms with Gasteiger partial charge in [-0.1, -0.05) is 29.3 Å². The van der Waals surface area contributed by atoms with Crippen molar-refractivity contribution in [3.8, 4) is 5.82 Å². The van der Waals surface area contributed by atoms with Crippen molar-refractivity contribution < 1.29 is 4.79 Å². The number of hydrogen-bond donors (Lipinski definition) is 1. The predicted molar refractivity (Wildman–Crippen MR) is 89.0 cm³/mol. The summed E-state index contributed by atoms with van der Waals surface area (Å²) >= 11 is 11.8. The highest BCUT2D eigenvalue weighted by Gasteiger charge is 2.10. The van der Waals surface area contributed by atoms with Crippen molar-refractivity contribution in [2.24, 2.45) is 0 Å². The summed E-state index contributed by atoms with van der Waals surface area (Å²) in [6.07, 6.45) is 6.88. The van der Waals surface area contributed by atoms with Gasteiger partial charge in [-0.2, -0.15) is 0 Å². The molecular weight excluding hydrogens is 335 g/mol. The molecule has 2 heterocycles. The minimum absolute atomic E-state index is 0.259. The number of pyridine rings is 1. The van der Waals surface area contributed by atoms with Crippen molar-refractivity contribution in [1.29, 1.82) is 0 Å². The summed E-state index contributed by atoms with van der Waals surface area (Å²) in [5, 5.41) is 3.62. The second kappa shape index (κ2) is 6.81. The van der Waals surface area contributed by atoms with E-state index in [4.69, 9.17) is 23.2 Å². The highest BCUT2D eigenvalue weighted by atomic mass is 35.5. The number of hydrogen-bond acceptors (Lipinski definition) is 3. The molecule has 23 heavy (non-hydrogen) atoms. The molecule has 0 aliphatic carbocycles. The van der Waals surface area contributed by atoms with Crippen molar-refractivity contribution in [1.82, 2.24) is 19.9 Å². The zero-order valence-corrected chi connectivity index (χ0v) is 13.4. The molecule has 5 nitrogen and oxygen atoms in total. The van der Waals surface area contributed by atoms with Crippen molar-refractivity contribution in [3.05, 3.63) is 76.4 Å². The first-order chi connectivity index (χ1) is 11.1. The van der Waals surface area contributed by atoms with Crippen LogP contribution in [0.1, 0.15) is 15.9 Å². The third-order valence-electron chi connectivity index (χ3n) is 3.21. The van der Waals surface area contributed by atoms with Gasteiger partial charge in [0.15, 0.2) is 0 Å². The molecule has 0 saturated heterocycles. The maximum Gasteiger partial charge on any atom is 0.253 e. The van der Waals surface area contributed by atoms with Crippen LogP contribution in [0.3, 0.4) is 0 Å². The summed E-state index contributed by atoms with van der Waals surface area (Å²) in [6.45, 7) is 0.356. The number of rotatable bonds is 4. The Bertz CT molecular complexity index is 817. The van der Waals surface area contributed by atoms with Crippen molar-refractivity contribution in [2.45, 2.75) is 6.54 Å². The molecule has 0 spiro atoms. The predicted octanol–water partition coefficient (Wildman–Crippen LogP) is 3.50. The Kier molecular flexibility index (Phi) is 4.60. The Morgan fingerprint density at radius 2 is 2.09 bits per heavy atom. The first-order valence-electron chi connectivity index (χ1n) is 6.80. The lowest BCUT2D eigenvalue weighted by Gasteiger charge is -2.08. The normalized spacial score (nSPS) is 10.5. The molecule has 7 heteroatoms. The number of carbonyl (C=O) groups excluding carboxylic acids is 1. The molecule has 0 saturated carbocycles. The zero-order chi connectivity index (χ0) is 16.2. The third kappa shape index (κ3) is 3.70. The van der Waals surface area contributed by atoms with Gasteiger partial charge in [-0.05, 0) is 29.8 Å². The number of nitrogens with zero attached hydrogens (tertiary/aromatic N) is 3. The summed E-state index contributed by atoms with van der Waals surface area (Å²) in [5.74, 6) is 0.503. The highest BCUT2D eigenvalue weighted by Crippen LogP contribution is 2.20. The maximum absolute atomic E-state index is 12.1. The second-order valence-corrected chi connectivity index (χ2v) is 5.65. The molecule has 3 rings (SSSR count). The molecule has 1 amide bonds. The van der Waals surface area contributed by atoms with Gasteiger partial charge < -0.3 is 5.32 Å². The van der Waals surface area contributed by atoms with Crippen LogP contribution in [-0.4, -0.2) is 20.4 Å². The largest absolute Gasteiger partial charge is 0.348 e. The SMILES string of the molecule is O=C(NCc1ccc(-n2ccnc2)nc1)c1ccc(Cl)cc1Cl. The van der Waals surface area contributed by atoms with Crippen LogP contribution < -0.4 is 5.32 Å². The number of nitrogens with one attached hydrogen (secondary N) is 1. The number of carbonyl (C=O) groups is 1. The molecule has 3 aromatic rings. The standard InChI is InChI=1S/C16H12Cl2N4O/c17-12-2-3-13(14(18)7-12)16(23)21-9-11-1-4-15(20-8-11)22-6-5-19-10-22/h1-8,10H,9H2,(H,21,23). The summed E-state index contributed by atoms with van der Waals surface area (Å²) in [5.41, 5.74) is 1.27. The summed E-state index contributed by atoms with van der Waals surface area (Å²) in [6, 6.07) is 8.52. The molecule has 0 fully saturated rings. The second-order valence-electron chi connectivity index (χ2n) is 4.80. The fourth-order valence-corrected chi connectivity index (χ4v) is 2.51. The maximum atomic E-state index is 12.1. The van der Waals surface area contributed by atoms with Gasteiger partial charge in [-0.25, -0.2) is 9.97 Å². The molecule has 0 atom stereocenters. The summed E-state index contributed by atoms with van der Waals surface area (Å²) in [4.78, 5) is 20.4. The number of imidazole rings is 1.